The van der Waals surface area contributed by atoms with E-state index in [0.29, 0.717) is 22.3 Å². The Kier molecular flexibility index (Phi) is 7.04. The summed E-state index contributed by atoms with van der Waals surface area (Å²) in [6, 6.07) is 3.39. The lowest BCUT2D eigenvalue weighted by Crippen LogP contribution is -2.03. The number of nitrogens with zero attached hydrogens (tertiary/aromatic N) is 12. The Balaban J connectivity index is 3.46. The molecule has 0 N–H and O–H groups in total. The minimum atomic E-state index is 0.00711. The second-order valence-electron chi connectivity index (χ2n) is 3.90. The summed E-state index contributed by atoms with van der Waals surface area (Å²) in [6.07, 6.45) is 0. The SMILES string of the molecule is [N-]=[N+]=NCc1ccc(CN=[N+]=[N-])c(CN=[N+]=[N-])c1CN=[N+]=[N-]. The first-order chi connectivity index (χ1) is 10.8. The minimum absolute atomic E-state index is 0.00711. The normalized spacial score (nSPS) is 8.73. The number of rotatable bonds is 8. The molecule has 0 bridgehead atoms. The van der Waals surface area contributed by atoms with Crippen LogP contribution in [-0.4, -0.2) is 0 Å². The highest BCUT2D eigenvalue weighted by Gasteiger charge is 2.11. The maximum atomic E-state index is 8.50. The van der Waals surface area contributed by atoms with Gasteiger partial charge in [-0.25, -0.2) is 0 Å². The first kappa shape index (κ1) is 16.5. The van der Waals surface area contributed by atoms with Crippen molar-refractivity contribution in [2.45, 2.75) is 26.2 Å². The zero-order valence-corrected chi connectivity index (χ0v) is 11.3. The summed E-state index contributed by atoms with van der Waals surface area (Å²) >= 11 is 0. The summed E-state index contributed by atoms with van der Waals surface area (Å²) in [7, 11) is 0. The molecule has 0 fully saturated rings. The van der Waals surface area contributed by atoms with Crippen LogP contribution in [-0.2, 0) is 26.2 Å². The highest BCUT2D eigenvalue weighted by atomic mass is 15.1. The molecule has 1 rings (SSSR count). The molecule has 0 unspecified atom stereocenters. The van der Waals surface area contributed by atoms with Crippen molar-refractivity contribution in [1.82, 2.24) is 0 Å². The fraction of sp³-hybridized carbons (Fsp3) is 0.400. The lowest BCUT2D eigenvalue weighted by molar-refractivity contribution is 0.883. The van der Waals surface area contributed by atoms with Crippen LogP contribution < -0.4 is 0 Å². The Morgan fingerprint density at radius 2 is 0.909 bits per heavy atom. The van der Waals surface area contributed by atoms with Crippen LogP contribution in [0.2, 0.25) is 0 Å². The van der Waals surface area contributed by atoms with Gasteiger partial charge in [0.05, 0.1) is 26.2 Å². The van der Waals surface area contributed by atoms with Gasteiger partial charge in [-0.05, 0) is 44.4 Å². The Labute approximate surface area is 123 Å². The number of hydrogen-bond acceptors (Lipinski definition) is 4. The third-order valence-electron chi connectivity index (χ3n) is 2.82. The molecule has 0 aromatic heterocycles. The standard InChI is InChI=1S/C10H10N12/c11-19-15-3-7-1-2-8(4-16-20-12)10(6-18-22-14)9(7)5-17-21-13/h1-2H,3-6H2. The lowest BCUT2D eigenvalue weighted by Gasteiger charge is -2.14. The van der Waals surface area contributed by atoms with Gasteiger partial charge < -0.3 is 0 Å². The minimum Gasteiger partial charge on any atom is -0.0893 e. The molecule has 0 saturated carbocycles. The van der Waals surface area contributed by atoms with Gasteiger partial charge in [0, 0.05) is 19.6 Å². The predicted molar refractivity (Wildman–Crippen MR) is 77.8 cm³/mol. The smallest absolute Gasteiger partial charge is 0.0516 e. The second-order valence-corrected chi connectivity index (χ2v) is 3.90. The van der Waals surface area contributed by atoms with E-state index in [9.17, 15) is 0 Å². The molecular formula is C10H10N12. The largest absolute Gasteiger partial charge is 0.0893 e. The summed E-state index contributed by atoms with van der Waals surface area (Å²) in [5.41, 5.74) is 36.4. The number of azide groups is 4. The lowest BCUT2D eigenvalue weighted by atomic mass is 9.95. The average molecular weight is 298 g/mol. The van der Waals surface area contributed by atoms with E-state index in [-0.39, 0.29) is 26.2 Å². The van der Waals surface area contributed by atoms with E-state index in [1.165, 1.54) is 0 Å². The van der Waals surface area contributed by atoms with Gasteiger partial charge in [-0.3, -0.25) is 0 Å². The van der Waals surface area contributed by atoms with Gasteiger partial charge in [-0.1, -0.05) is 32.6 Å². The molecule has 0 aliphatic heterocycles. The van der Waals surface area contributed by atoms with Gasteiger partial charge in [-0.15, -0.1) is 0 Å². The fourth-order valence-electron chi connectivity index (χ4n) is 1.90. The molecule has 0 aliphatic carbocycles. The molecule has 0 aliphatic rings. The van der Waals surface area contributed by atoms with E-state index in [1.807, 2.05) is 0 Å². The maximum Gasteiger partial charge on any atom is 0.0516 e. The third-order valence-corrected chi connectivity index (χ3v) is 2.82. The summed E-state index contributed by atoms with van der Waals surface area (Å²) in [6.45, 7) is 0.149. The van der Waals surface area contributed by atoms with Crippen molar-refractivity contribution in [1.29, 1.82) is 0 Å². The van der Waals surface area contributed by atoms with Crippen LogP contribution in [0.15, 0.2) is 32.6 Å². The summed E-state index contributed by atoms with van der Waals surface area (Å²) in [5.74, 6) is 0. The van der Waals surface area contributed by atoms with Gasteiger partial charge in [0.15, 0.2) is 0 Å². The number of benzene rings is 1. The van der Waals surface area contributed by atoms with Crippen molar-refractivity contribution in [3.63, 3.8) is 0 Å². The average Bonchev–Trinajstić information content (AvgIpc) is 2.55. The van der Waals surface area contributed by atoms with Crippen molar-refractivity contribution in [2.75, 3.05) is 0 Å². The van der Waals surface area contributed by atoms with Crippen molar-refractivity contribution in [3.8, 4) is 0 Å². The Morgan fingerprint density at radius 1 is 0.591 bits per heavy atom. The molecule has 1 aromatic carbocycles. The van der Waals surface area contributed by atoms with Crippen molar-refractivity contribution < 1.29 is 0 Å². The highest BCUT2D eigenvalue weighted by Crippen LogP contribution is 2.24. The molecule has 22 heavy (non-hydrogen) atoms. The van der Waals surface area contributed by atoms with Gasteiger partial charge in [0.2, 0.25) is 0 Å². The summed E-state index contributed by atoms with van der Waals surface area (Å²) in [5, 5.41) is 14.0. The molecule has 1 aromatic rings. The van der Waals surface area contributed by atoms with Crippen molar-refractivity contribution in [3.05, 3.63) is 76.2 Å². The van der Waals surface area contributed by atoms with Crippen LogP contribution >= 0.6 is 0 Å². The van der Waals surface area contributed by atoms with Crippen LogP contribution in [0.5, 0.6) is 0 Å². The molecule has 0 atom stereocenters. The molecule has 0 spiro atoms. The second kappa shape index (κ2) is 9.38. The Hall–Kier alpha value is -3.54. The van der Waals surface area contributed by atoms with Gasteiger partial charge >= 0.3 is 0 Å². The zero-order valence-electron chi connectivity index (χ0n) is 11.3. The molecule has 110 valence electrons. The van der Waals surface area contributed by atoms with E-state index >= 15 is 0 Å². The highest BCUT2D eigenvalue weighted by molar-refractivity contribution is 5.41. The predicted octanol–water partition coefficient (Wildman–Crippen LogP) is 4.93. The van der Waals surface area contributed by atoms with Crippen LogP contribution in [0.1, 0.15) is 22.3 Å². The third kappa shape index (κ3) is 4.53. The molecule has 12 heteroatoms. The molecule has 0 radical (unpaired) electrons. The Morgan fingerprint density at radius 3 is 1.23 bits per heavy atom. The molecule has 0 saturated heterocycles. The van der Waals surface area contributed by atoms with Crippen LogP contribution in [0, 0.1) is 0 Å². The quantitative estimate of drug-likeness (QED) is 0.356. The van der Waals surface area contributed by atoms with Crippen LogP contribution in [0.3, 0.4) is 0 Å². The van der Waals surface area contributed by atoms with Crippen LogP contribution in [0.25, 0.3) is 41.8 Å². The molecule has 0 amide bonds. The van der Waals surface area contributed by atoms with E-state index in [4.69, 9.17) is 22.1 Å². The zero-order chi connectivity index (χ0) is 16.2. The summed E-state index contributed by atoms with van der Waals surface area (Å²) < 4.78 is 0. The van der Waals surface area contributed by atoms with Gasteiger partial charge in [-0.2, -0.15) is 0 Å². The van der Waals surface area contributed by atoms with Crippen LogP contribution in [0.4, 0.5) is 0 Å². The maximum absolute atomic E-state index is 8.50. The molecule has 0 heterocycles. The van der Waals surface area contributed by atoms with Crippen molar-refractivity contribution in [2.24, 2.45) is 20.5 Å². The summed E-state index contributed by atoms with van der Waals surface area (Å²) in [4.78, 5) is 10.8. The van der Waals surface area contributed by atoms with E-state index in [0.717, 1.165) is 0 Å². The van der Waals surface area contributed by atoms with Crippen molar-refractivity contribution >= 4 is 0 Å². The molecule has 12 nitrogen and oxygen atoms in total. The van der Waals surface area contributed by atoms with E-state index in [1.54, 1.807) is 12.1 Å². The van der Waals surface area contributed by atoms with E-state index < -0.39 is 0 Å². The van der Waals surface area contributed by atoms with E-state index in [2.05, 4.69) is 40.1 Å². The van der Waals surface area contributed by atoms with Gasteiger partial charge in [0.25, 0.3) is 0 Å². The monoisotopic (exact) mass is 298 g/mol. The molecular weight excluding hydrogens is 288 g/mol. The number of hydrogen-bond donors (Lipinski definition) is 0. The first-order valence-electron chi connectivity index (χ1n) is 5.94. The van der Waals surface area contributed by atoms with Gasteiger partial charge in [0.1, 0.15) is 0 Å². The Bertz CT molecular complexity index is 664. The first-order valence-corrected chi connectivity index (χ1v) is 5.94. The fourth-order valence-corrected chi connectivity index (χ4v) is 1.90. The topological polar surface area (TPSA) is 195 Å².